The number of anilines is 2. The Labute approximate surface area is 146 Å². The zero-order chi connectivity index (χ0) is 17.2. The number of rotatable bonds is 3. The van der Waals surface area contributed by atoms with Crippen molar-refractivity contribution in [2.75, 3.05) is 30.3 Å². The Kier molecular flexibility index (Phi) is 4.23. The van der Waals surface area contributed by atoms with E-state index in [1.807, 2.05) is 0 Å². The van der Waals surface area contributed by atoms with Gasteiger partial charge in [-0.2, -0.15) is 9.97 Å². The van der Waals surface area contributed by atoms with Crippen LogP contribution in [0.5, 0.6) is 0 Å². The Balaban J connectivity index is 1.55. The van der Waals surface area contributed by atoms with E-state index in [2.05, 4.69) is 67.0 Å². The topological polar surface area (TPSA) is 87.0 Å². The highest BCUT2D eigenvalue weighted by molar-refractivity contribution is 5.84. The van der Waals surface area contributed by atoms with E-state index in [4.69, 9.17) is 5.73 Å². The minimum absolute atomic E-state index is 0.271. The van der Waals surface area contributed by atoms with E-state index in [0.717, 1.165) is 43.9 Å². The minimum Gasteiger partial charge on any atom is -0.368 e. The van der Waals surface area contributed by atoms with Gasteiger partial charge in [0.25, 0.3) is 0 Å². The van der Waals surface area contributed by atoms with Crippen LogP contribution in [-0.4, -0.2) is 50.5 Å². The number of H-pyrrole nitrogens is 1. The normalized spacial score (nSPS) is 19.2. The second kappa shape index (κ2) is 6.68. The van der Waals surface area contributed by atoms with Gasteiger partial charge in [-0.1, -0.05) is 30.3 Å². The molecule has 1 aromatic carbocycles. The monoisotopic (exact) mass is 337 g/mol. The summed E-state index contributed by atoms with van der Waals surface area (Å²) in [6, 6.07) is 11.2. The van der Waals surface area contributed by atoms with Crippen LogP contribution < -0.4 is 10.6 Å². The molecule has 0 radical (unpaired) electrons. The first-order valence-electron chi connectivity index (χ1n) is 8.70. The molecule has 3 heterocycles. The summed E-state index contributed by atoms with van der Waals surface area (Å²) in [6.45, 7) is 6.10. The number of nitrogens with two attached hydrogens (primary N) is 1. The molecular weight excluding hydrogens is 314 g/mol. The lowest BCUT2D eigenvalue weighted by molar-refractivity contribution is 0.212. The van der Waals surface area contributed by atoms with Crippen LogP contribution in [0.25, 0.3) is 11.2 Å². The number of nitrogens with zero attached hydrogens (tertiary/aromatic N) is 5. The van der Waals surface area contributed by atoms with E-state index >= 15 is 0 Å². The lowest BCUT2D eigenvalue weighted by Gasteiger charge is -2.26. The van der Waals surface area contributed by atoms with Gasteiger partial charge in [0.15, 0.2) is 11.5 Å². The maximum atomic E-state index is 5.87. The van der Waals surface area contributed by atoms with Crippen LogP contribution in [0.2, 0.25) is 0 Å². The molecule has 1 atom stereocenters. The molecule has 7 heteroatoms. The van der Waals surface area contributed by atoms with Gasteiger partial charge in [0.2, 0.25) is 5.95 Å². The third-order valence-electron chi connectivity index (χ3n) is 4.91. The Morgan fingerprint density at radius 3 is 2.84 bits per heavy atom. The van der Waals surface area contributed by atoms with Crippen LogP contribution in [0, 0.1) is 0 Å². The van der Waals surface area contributed by atoms with Crippen LogP contribution in [-0.2, 0) is 6.54 Å². The molecule has 0 amide bonds. The fourth-order valence-corrected chi connectivity index (χ4v) is 3.43. The molecule has 1 fully saturated rings. The molecule has 7 nitrogen and oxygen atoms in total. The average Bonchev–Trinajstić information content (AvgIpc) is 3.01. The van der Waals surface area contributed by atoms with Crippen molar-refractivity contribution in [1.82, 2.24) is 24.8 Å². The largest absolute Gasteiger partial charge is 0.368 e. The number of fused-ring (bicyclic) bond motifs is 1. The molecule has 2 aromatic heterocycles. The van der Waals surface area contributed by atoms with E-state index in [-0.39, 0.29) is 5.95 Å². The van der Waals surface area contributed by atoms with Gasteiger partial charge in [0, 0.05) is 32.2 Å². The fraction of sp³-hybridized carbons (Fsp3) is 0.389. The molecular formula is C18H23N7. The number of aromatic amines is 1. The molecule has 130 valence electrons. The Hall–Kier alpha value is -2.67. The summed E-state index contributed by atoms with van der Waals surface area (Å²) < 4.78 is 0. The van der Waals surface area contributed by atoms with Gasteiger partial charge in [-0.25, -0.2) is 4.98 Å². The van der Waals surface area contributed by atoms with Crippen molar-refractivity contribution in [3.8, 4) is 0 Å². The summed E-state index contributed by atoms with van der Waals surface area (Å²) in [5.41, 5.74) is 8.71. The molecule has 0 bridgehead atoms. The van der Waals surface area contributed by atoms with Crippen LogP contribution in [0.4, 0.5) is 11.8 Å². The maximum absolute atomic E-state index is 5.87. The number of nitrogens with one attached hydrogen (secondary N) is 1. The maximum Gasteiger partial charge on any atom is 0.224 e. The highest BCUT2D eigenvalue weighted by Crippen LogP contribution is 2.24. The quantitative estimate of drug-likeness (QED) is 0.760. The van der Waals surface area contributed by atoms with Crippen molar-refractivity contribution < 1.29 is 0 Å². The molecule has 1 aliphatic heterocycles. The molecule has 0 spiro atoms. The van der Waals surface area contributed by atoms with Crippen molar-refractivity contribution in [1.29, 1.82) is 0 Å². The highest BCUT2D eigenvalue weighted by atomic mass is 15.3. The molecule has 1 aliphatic rings. The van der Waals surface area contributed by atoms with Crippen molar-refractivity contribution in [3.05, 3.63) is 42.2 Å². The van der Waals surface area contributed by atoms with E-state index in [9.17, 15) is 0 Å². The third-order valence-corrected chi connectivity index (χ3v) is 4.91. The SMILES string of the molecule is CC1CCN(c2nc(N)nc3nc[nH]c23)CCN1Cc1ccccc1. The van der Waals surface area contributed by atoms with Gasteiger partial charge < -0.3 is 15.6 Å². The second-order valence-corrected chi connectivity index (χ2v) is 6.59. The van der Waals surface area contributed by atoms with Crippen molar-refractivity contribution in [2.24, 2.45) is 0 Å². The third kappa shape index (κ3) is 3.28. The molecule has 1 saturated heterocycles. The predicted molar refractivity (Wildman–Crippen MR) is 99.2 cm³/mol. The standard InChI is InChI=1S/C18H23N7/c1-13-7-8-24(9-10-25(13)11-14-5-3-2-4-6-14)17-15-16(21-12-20-15)22-18(19)23-17/h2-6,12-13H,7-11H2,1H3,(H3,19,20,21,22,23). The lowest BCUT2D eigenvalue weighted by atomic mass is 10.1. The van der Waals surface area contributed by atoms with Crippen LogP contribution in [0.1, 0.15) is 18.9 Å². The van der Waals surface area contributed by atoms with Crippen LogP contribution in [0.3, 0.4) is 0 Å². The molecule has 0 aliphatic carbocycles. The summed E-state index contributed by atoms with van der Waals surface area (Å²) >= 11 is 0. The Bertz CT molecular complexity index is 845. The highest BCUT2D eigenvalue weighted by Gasteiger charge is 2.23. The van der Waals surface area contributed by atoms with Crippen LogP contribution >= 0.6 is 0 Å². The first-order valence-corrected chi connectivity index (χ1v) is 8.70. The Morgan fingerprint density at radius 1 is 1.16 bits per heavy atom. The Morgan fingerprint density at radius 2 is 2.00 bits per heavy atom. The van der Waals surface area contributed by atoms with Gasteiger partial charge >= 0.3 is 0 Å². The van der Waals surface area contributed by atoms with Crippen molar-refractivity contribution in [3.63, 3.8) is 0 Å². The van der Waals surface area contributed by atoms with Crippen molar-refractivity contribution >= 4 is 22.9 Å². The second-order valence-electron chi connectivity index (χ2n) is 6.59. The van der Waals surface area contributed by atoms with E-state index < -0.39 is 0 Å². The summed E-state index contributed by atoms with van der Waals surface area (Å²) in [7, 11) is 0. The molecule has 1 unspecified atom stereocenters. The van der Waals surface area contributed by atoms with Gasteiger partial charge in [0.1, 0.15) is 5.52 Å². The first kappa shape index (κ1) is 15.8. The van der Waals surface area contributed by atoms with E-state index in [0.29, 0.717) is 11.7 Å². The molecule has 4 rings (SSSR count). The summed E-state index contributed by atoms with van der Waals surface area (Å²) in [6.07, 6.45) is 2.72. The van der Waals surface area contributed by atoms with Crippen LogP contribution in [0.15, 0.2) is 36.7 Å². The molecule has 25 heavy (non-hydrogen) atoms. The molecule has 3 aromatic rings. The predicted octanol–water partition coefficient (Wildman–Crippen LogP) is 2.04. The smallest absolute Gasteiger partial charge is 0.224 e. The molecule has 0 saturated carbocycles. The number of nitrogen functional groups attached to an aromatic ring is 1. The average molecular weight is 337 g/mol. The summed E-state index contributed by atoms with van der Waals surface area (Å²) in [4.78, 5) is 20.9. The lowest BCUT2D eigenvalue weighted by Crippen LogP contribution is -2.34. The molecule has 3 N–H and O–H groups in total. The number of benzene rings is 1. The van der Waals surface area contributed by atoms with Gasteiger partial charge in [-0.05, 0) is 18.9 Å². The van der Waals surface area contributed by atoms with E-state index in [1.165, 1.54) is 5.56 Å². The van der Waals surface area contributed by atoms with Gasteiger partial charge in [-0.15, -0.1) is 0 Å². The summed E-state index contributed by atoms with van der Waals surface area (Å²) in [5, 5.41) is 0. The first-order chi connectivity index (χ1) is 12.2. The number of aromatic nitrogens is 4. The number of hydrogen-bond acceptors (Lipinski definition) is 6. The summed E-state index contributed by atoms with van der Waals surface area (Å²) in [5.74, 6) is 1.13. The zero-order valence-corrected chi connectivity index (χ0v) is 14.4. The van der Waals surface area contributed by atoms with Crippen molar-refractivity contribution in [2.45, 2.75) is 25.9 Å². The van der Waals surface area contributed by atoms with E-state index in [1.54, 1.807) is 6.33 Å². The fourth-order valence-electron chi connectivity index (χ4n) is 3.43. The van der Waals surface area contributed by atoms with Gasteiger partial charge in [0.05, 0.1) is 6.33 Å². The minimum atomic E-state index is 0.271. The van der Waals surface area contributed by atoms with Gasteiger partial charge in [-0.3, -0.25) is 4.90 Å². The number of hydrogen-bond donors (Lipinski definition) is 2. The zero-order valence-electron chi connectivity index (χ0n) is 14.4. The number of imidazole rings is 1.